The van der Waals surface area contributed by atoms with Crippen molar-refractivity contribution in [1.29, 1.82) is 0 Å². The molecule has 3 aromatic rings. The van der Waals surface area contributed by atoms with E-state index in [2.05, 4.69) is 15.0 Å². The van der Waals surface area contributed by atoms with Crippen molar-refractivity contribution in [3.8, 4) is 11.5 Å². The Morgan fingerprint density at radius 2 is 1.78 bits per heavy atom. The van der Waals surface area contributed by atoms with E-state index in [1.54, 1.807) is 30.5 Å². The highest BCUT2D eigenvalue weighted by molar-refractivity contribution is 6.04. The third-order valence-electron chi connectivity index (χ3n) is 3.74. The molecule has 0 atom stereocenters. The van der Waals surface area contributed by atoms with Crippen LogP contribution < -0.4 is 14.8 Å². The monoisotopic (exact) mass is 373 g/mol. The maximum absolute atomic E-state index is 12.2. The van der Waals surface area contributed by atoms with Crippen LogP contribution in [-0.4, -0.2) is 22.1 Å². The zero-order valence-electron chi connectivity index (χ0n) is 14.4. The zero-order valence-corrected chi connectivity index (χ0v) is 14.4. The molecular weight excluding hydrogens is 356 g/mol. The Morgan fingerprint density at radius 3 is 2.37 bits per heavy atom. The number of aryl methyl sites for hydroxylation is 1. The summed E-state index contributed by atoms with van der Waals surface area (Å²) in [6.45, 7) is -2.56. The van der Waals surface area contributed by atoms with Crippen molar-refractivity contribution in [2.75, 3.05) is 5.32 Å². The van der Waals surface area contributed by atoms with Crippen molar-refractivity contribution in [2.24, 2.45) is 7.05 Å². The molecule has 2 aromatic carbocycles. The second-order valence-electron chi connectivity index (χ2n) is 5.62. The lowest BCUT2D eigenvalue weighted by molar-refractivity contribution is -0.0498. The van der Waals surface area contributed by atoms with Gasteiger partial charge >= 0.3 is 6.61 Å². The van der Waals surface area contributed by atoms with Gasteiger partial charge in [-0.1, -0.05) is 0 Å². The molecule has 8 heteroatoms. The van der Waals surface area contributed by atoms with Gasteiger partial charge < -0.3 is 19.4 Å². The van der Waals surface area contributed by atoms with Gasteiger partial charge in [-0.3, -0.25) is 4.79 Å². The SMILES string of the molecule is Cn1ccnc1COc1ccc(NC(=O)c2ccc(OC(F)F)cc2)cc1. The Balaban J connectivity index is 1.55. The number of amides is 1. The van der Waals surface area contributed by atoms with E-state index < -0.39 is 6.61 Å². The summed E-state index contributed by atoms with van der Waals surface area (Å²) in [7, 11) is 1.89. The summed E-state index contributed by atoms with van der Waals surface area (Å²) in [4.78, 5) is 16.4. The van der Waals surface area contributed by atoms with E-state index in [0.29, 0.717) is 23.6 Å². The molecule has 0 fully saturated rings. The first-order valence-electron chi connectivity index (χ1n) is 8.06. The number of nitrogens with zero attached hydrogens (tertiary/aromatic N) is 2. The zero-order chi connectivity index (χ0) is 19.2. The lowest BCUT2D eigenvalue weighted by Crippen LogP contribution is -2.12. The van der Waals surface area contributed by atoms with E-state index in [-0.39, 0.29) is 11.7 Å². The third kappa shape index (κ3) is 5.04. The van der Waals surface area contributed by atoms with Gasteiger partial charge in [-0.2, -0.15) is 8.78 Å². The maximum Gasteiger partial charge on any atom is 0.387 e. The first-order valence-corrected chi connectivity index (χ1v) is 8.06. The van der Waals surface area contributed by atoms with Crippen molar-refractivity contribution in [2.45, 2.75) is 13.2 Å². The van der Waals surface area contributed by atoms with Crippen LogP contribution in [0.4, 0.5) is 14.5 Å². The molecular formula is C19H17F2N3O3. The predicted molar refractivity (Wildman–Crippen MR) is 95.0 cm³/mol. The van der Waals surface area contributed by atoms with E-state index >= 15 is 0 Å². The third-order valence-corrected chi connectivity index (χ3v) is 3.74. The van der Waals surface area contributed by atoms with Crippen molar-refractivity contribution in [3.63, 3.8) is 0 Å². The number of carbonyl (C=O) groups excluding carboxylic acids is 1. The fraction of sp³-hybridized carbons (Fsp3) is 0.158. The van der Waals surface area contributed by atoms with E-state index in [0.717, 1.165) is 5.82 Å². The number of carbonyl (C=O) groups is 1. The number of ether oxygens (including phenoxy) is 2. The minimum Gasteiger partial charge on any atom is -0.486 e. The number of benzene rings is 2. The molecule has 0 spiro atoms. The van der Waals surface area contributed by atoms with Gasteiger partial charge in [0.15, 0.2) is 0 Å². The molecule has 0 aliphatic heterocycles. The number of rotatable bonds is 7. The number of halogens is 2. The van der Waals surface area contributed by atoms with Gasteiger partial charge in [0.25, 0.3) is 5.91 Å². The molecule has 6 nitrogen and oxygen atoms in total. The number of hydrogen-bond acceptors (Lipinski definition) is 4. The number of anilines is 1. The topological polar surface area (TPSA) is 65.4 Å². The largest absolute Gasteiger partial charge is 0.486 e. The summed E-state index contributed by atoms with van der Waals surface area (Å²) in [5.74, 6) is 1.08. The number of nitrogens with one attached hydrogen (secondary N) is 1. The van der Waals surface area contributed by atoms with Crippen molar-refractivity contribution in [3.05, 3.63) is 72.3 Å². The molecule has 3 rings (SSSR count). The van der Waals surface area contributed by atoms with Crippen LogP contribution in [0, 0.1) is 0 Å². The average molecular weight is 373 g/mol. The molecule has 0 radical (unpaired) electrons. The summed E-state index contributed by atoms with van der Waals surface area (Å²) >= 11 is 0. The number of hydrogen-bond donors (Lipinski definition) is 1. The Bertz CT molecular complexity index is 893. The predicted octanol–water partition coefficient (Wildman–Crippen LogP) is 3.85. The average Bonchev–Trinajstić information content (AvgIpc) is 3.06. The van der Waals surface area contributed by atoms with Gasteiger partial charge in [-0.15, -0.1) is 0 Å². The normalized spacial score (nSPS) is 10.7. The van der Waals surface area contributed by atoms with Crippen LogP contribution in [0.3, 0.4) is 0 Å². The fourth-order valence-corrected chi connectivity index (χ4v) is 2.31. The first-order chi connectivity index (χ1) is 13.0. The van der Waals surface area contributed by atoms with Gasteiger partial charge in [0.1, 0.15) is 23.9 Å². The summed E-state index contributed by atoms with van der Waals surface area (Å²) in [5, 5.41) is 2.72. The summed E-state index contributed by atoms with van der Waals surface area (Å²) in [6, 6.07) is 12.3. The van der Waals surface area contributed by atoms with Gasteiger partial charge in [-0.05, 0) is 48.5 Å². The van der Waals surface area contributed by atoms with Crippen LogP contribution in [-0.2, 0) is 13.7 Å². The minimum absolute atomic E-state index is 0.00392. The van der Waals surface area contributed by atoms with Gasteiger partial charge in [-0.25, -0.2) is 4.98 Å². The highest BCUT2D eigenvalue weighted by atomic mass is 19.3. The molecule has 0 bridgehead atoms. The van der Waals surface area contributed by atoms with Crippen LogP contribution in [0.15, 0.2) is 60.9 Å². The quantitative estimate of drug-likeness (QED) is 0.683. The van der Waals surface area contributed by atoms with Crippen LogP contribution in [0.2, 0.25) is 0 Å². The molecule has 27 heavy (non-hydrogen) atoms. The second kappa shape index (κ2) is 8.31. The molecule has 0 saturated heterocycles. The van der Waals surface area contributed by atoms with Gasteiger partial charge in [0, 0.05) is 30.7 Å². The van der Waals surface area contributed by atoms with E-state index in [9.17, 15) is 13.6 Å². The van der Waals surface area contributed by atoms with Crippen LogP contribution in [0.5, 0.6) is 11.5 Å². The molecule has 1 N–H and O–H groups in total. The molecule has 0 aliphatic carbocycles. The second-order valence-corrected chi connectivity index (χ2v) is 5.62. The van der Waals surface area contributed by atoms with Crippen LogP contribution in [0.25, 0.3) is 0 Å². The van der Waals surface area contributed by atoms with E-state index in [1.165, 1.54) is 24.3 Å². The molecule has 140 valence electrons. The first kappa shape index (κ1) is 18.4. The molecule has 1 heterocycles. The lowest BCUT2D eigenvalue weighted by atomic mass is 10.2. The Labute approximate surface area is 154 Å². The maximum atomic E-state index is 12.2. The molecule has 1 amide bonds. The summed E-state index contributed by atoms with van der Waals surface area (Å²) in [5.41, 5.74) is 0.906. The number of imidazole rings is 1. The molecule has 1 aromatic heterocycles. The van der Waals surface area contributed by atoms with Gasteiger partial charge in [0.2, 0.25) is 0 Å². The number of aromatic nitrogens is 2. The Morgan fingerprint density at radius 1 is 1.11 bits per heavy atom. The molecule has 0 aliphatic rings. The highest BCUT2D eigenvalue weighted by Gasteiger charge is 2.09. The van der Waals surface area contributed by atoms with Gasteiger partial charge in [0.05, 0.1) is 0 Å². The van der Waals surface area contributed by atoms with Crippen molar-refractivity contribution < 1.29 is 23.0 Å². The minimum atomic E-state index is -2.90. The van der Waals surface area contributed by atoms with Crippen molar-refractivity contribution >= 4 is 11.6 Å². The van der Waals surface area contributed by atoms with Crippen molar-refractivity contribution in [1.82, 2.24) is 9.55 Å². The van der Waals surface area contributed by atoms with Crippen LogP contribution in [0.1, 0.15) is 16.2 Å². The summed E-state index contributed by atoms with van der Waals surface area (Å²) < 4.78 is 36.0. The number of alkyl halides is 2. The standard InChI is InChI=1S/C19H17F2N3O3/c1-24-11-10-22-17(24)12-26-15-8-4-14(5-9-15)23-18(25)13-2-6-16(7-3-13)27-19(20)21/h2-11,19H,12H2,1H3,(H,23,25). The molecule has 0 saturated carbocycles. The van der Waals surface area contributed by atoms with E-state index in [4.69, 9.17) is 4.74 Å². The lowest BCUT2D eigenvalue weighted by Gasteiger charge is -2.09. The highest BCUT2D eigenvalue weighted by Crippen LogP contribution is 2.19. The molecule has 0 unspecified atom stereocenters. The van der Waals surface area contributed by atoms with Crippen LogP contribution >= 0.6 is 0 Å². The summed E-state index contributed by atoms with van der Waals surface area (Å²) in [6.07, 6.45) is 3.53. The fourth-order valence-electron chi connectivity index (χ4n) is 2.31. The van der Waals surface area contributed by atoms with E-state index in [1.807, 2.05) is 17.8 Å². The Hall–Kier alpha value is -3.42. The Kier molecular flexibility index (Phi) is 5.65. The smallest absolute Gasteiger partial charge is 0.387 e.